The van der Waals surface area contributed by atoms with Crippen LogP contribution in [0.2, 0.25) is 0 Å². The Kier molecular flexibility index (Phi) is 6.43. The molecule has 2 saturated heterocycles. The number of nitrogens with one attached hydrogen (secondary N) is 1. The van der Waals surface area contributed by atoms with Crippen molar-refractivity contribution in [3.05, 3.63) is 0 Å². The molecule has 0 radical (unpaired) electrons. The maximum Gasteiger partial charge on any atom is 0.281 e. The molecule has 2 aliphatic heterocycles. The Hall–Kier alpha value is -0.210. The van der Waals surface area contributed by atoms with Gasteiger partial charge in [-0.25, -0.2) is 0 Å². The smallest absolute Gasteiger partial charge is 0.281 e. The monoisotopic (exact) mass is 319 g/mol. The second kappa shape index (κ2) is 7.87. The Balaban J connectivity index is 1.92. The molecule has 0 saturated carbocycles. The average molecular weight is 319 g/mol. The summed E-state index contributed by atoms with van der Waals surface area (Å²) in [6.45, 7) is 3.36. The third-order valence-electron chi connectivity index (χ3n) is 4.43. The highest BCUT2D eigenvalue weighted by atomic mass is 32.2. The third-order valence-corrected chi connectivity index (χ3v) is 6.35. The van der Waals surface area contributed by atoms with Crippen LogP contribution in [0, 0.1) is 5.92 Å². The molecule has 0 aromatic rings. The van der Waals surface area contributed by atoms with Crippen molar-refractivity contribution in [3.63, 3.8) is 0 Å². The van der Waals surface area contributed by atoms with Gasteiger partial charge < -0.3 is 10.1 Å². The molecule has 124 valence electrons. The fraction of sp³-hybridized carbons (Fsp3) is 1.00. The largest absolute Gasteiger partial charge is 0.377 e. The van der Waals surface area contributed by atoms with Crippen molar-refractivity contribution >= 4 is 10.2 Å². The van der Waals surface area contributed by atoms with Gasteiger partial charge in [-0.15, -0.1) is 0 Å². The first-order valence-electron chi connectivity index (χ1n) is 8.01. The highest BCUT2D eigenvalue weighted by Gasteiger charge is 2.33. The van der Waals surface area contributed by atoms with Crippen molar-refractivity contribution in [1.82, 2.24) is 13.9 Å². The molecule has 0 aromatic heterocycles. The van der Waals surface area contributed by atoms with Gasteiger partial charge in [-0.05, 0) is 51.6 Å². The number of nitrogens with zero attached hydrogens (tertiary/aromatic N) is 2. The Labute approximate surface area is 129 Å². The lowest BCUT2D eigenvalue weighted by molar-refractivity contribution is 0.00780. The summed E-state index contributed by atoms with van der Waals surface area (Å²) >= 11 is 0. The minimum absolute atomic E-state index is 0.0522. The normalized spacial score (nSPS) is 28.9. The Morgan fingerprint density at radius 1 is 1.29 bits per heavy atom. The molecule has 2 unspecified atom stereocenters. The molecule has 0 spiro atoms. The van der Waals surface area contributed by atoms with Gasteiger partial charge in [0, 0.05) is 33.3 Å². The number of likely N-dealkylation sites (N-methyl/N-ethyl adjacent to an activating group) is 1. The van der Waals surface area contributed by atoms with Gasteiger partial charge in [0.15, 0.2) is 0 Å². The summed E-state index contributed by atoms with van der Waals surface area (Å²) in [5.74, 6) is 0.415. The van der Waals surface area contributed by atoms with Crippen LogP contribution in [0.1, 0.15) is 32.1 Å². The SMILES string of the molecule is CNCC1CCCN(S(=O)(=O)N(C)CC2CCCCO2)C1. The molecule has 2 rings (SSSR count). The van der Waals surface area contributed by atoms with Gasteiger partial charge >= 0.3 is 0 Å². The van der Waals surface area contributed by atoms with E-state index in [1.54, 1.807) is 11.4 Å². The summed E-state index contributed by atoms with van der Waals surface area (Å²) in [5, 5.41) is 3.15. The van der Waals surface area contributed by atoms with Crippen LogP contribution in [0.4, 0.5) is 0 Å². The first-order chi connectivity index (χ1) is 10.0. The van der Waals surface area contributed by atoms with Gasteiger partial charge in [0.25, 0.3) is 10.2 Å². The van der Waals surface area contributed by atoms with Crippen LogP contribution in [0.25, 0.3) is 0 Å². The Bertz CT molecular complexity index is 408. The summed E-state index contributed by atoms with van der Waals surface area (Å²) in [5.41, 5.74) is 0. The highest BCUT2D eigenvalue weighted by molar-refractivity contribution is 7.86. The number of ether oxygens (including phenoxy) is 1. The molecule has 0 bridgehead atoms. The zero-order chi connectivity index (χ0) is 15.3. The topological polar surface area (TPSA) is 61.9 Å². The van der Waals surface area contributed by atoms with Crippen molar-refractivity contribution in [3.8, 4) is 0 Å². The summed E-state index contributed by atoms with van der Waals surface area (Å²) in [6.07, 6.45) is 5.28. The second-order valence-electron chi connectivity index (χ2n) is 6.20. The minimum atomic E-state index is -3.35. The quantitative estimate of drug-likeness (QED) is 0.781. The van der Waals surface area contributed by atoms with Crippen molar-refractivity contribution in [2.75, 3.05) is 46.9 Å². The highest BCUT2D eigenvalue weighted by Crippen LogP contribution is 2.21. The van der Waals surface area contributed by atoms with Crippen molar-refractivity contribution in [1.29, 1.82) is 0 Å². The second-order valence-corrected chi connectivity index (χ2v) is 8.24. The molecule has 2 fully saturated rings. The molecule has 6 nitrogen and oxygen atoms in total. The molecule has 7 heteroatoms. The van der Waals surface area contributed by atoms with E-state index in [1.807, 2.05) is 7.05 Å². The maximum atomic E-state index is 12.7. The molecule has 2 heterocycles. The number of hydrogen-bond donors (Lipinski definition) is 1. The summed E-state index contributed by atoms with van der Waals surface area (Å²) in [7, 11) is 0.238. The van der Waals surface area contributed by atoms with E-state index in [2.05, 4.69) is 5.32 Å². The number of rotatable bonds is 6. The van der Waals surface area contributed by atoms with Gasteiger partial charge in [-0.2, -0.15) is 17.0 Å². The van der Waals surface area contributed by atoms with Crippen LogP contribution in [-0.2, 0) is 14.9 Å². The summed E-state index contributed by atoms with van der Waals surface area (Å²) < 4.78 is 34.1. The van der Waals surface area contributed by atoms with Crippen LogP contribution < -0.4 is 5.32 Å². The first-order valence-corrected chi connectivity index (χ1v) is 9.41. The lowest BCUT2D eigenvalue weighted by Gasteiger charge is -2.35. The van der Waals surface area contributed by atoms with Crippen LogP contribution in [-0.4, -0.2) is 70.0 Å². The molecule has 21 heavy (non-hydrogen) atoms. The third kappa shape index (κ3) is 4.63. The van der Waals surface area contributed by atoms with Crippen LogP contribution >= 0.6 is 0 Å². The van der Waals surface area contributed by atoms with Crippen LogP contribution in [0.3, 0.4) is 0 Å². The molecule has 0 aromatic carbocycles. The fourth-order valence-electron chi connectivity index (χ4n) is 3.22. The molecule has 1 N–H and O–H groups in total. The Morgan fingerprint density at radius 2 is 2.10 bits per heavy atom. The molecule has 0 aliphatic carbocycles. The zero-order valence-corrected chi connectivity index (χ0v) is 14.1. The fourth-order valence-corrected chi connectivity index (χ4v) is 4.73. The standard InChI is InChI=1S/C14H29N3O3S/c1-15-10-13-6-5-8-17(11-13)21(18,19)16(2)12-14-7-3-4-9-20-14/h13-15H,3-12H2,1-2H3. The van der Waals surface area contributed by atoms with Gasteiger partial charge in [-0.1, -0.05) is 0 Å². The van der Waals surface area contributed by atoms with Crippen molar-refractivity contribution in [2.24, 2.45) is 5.92 Å². The maximum absolute atomic E-state index is 12.7. The van der Waals surface area contributed by atoms with E-state index in [0.717, 1.165) is 45.3 Å². The zero-order valence-electron chi connectivity index (χ0n) is 13.3. The molecular weight excluding hydrogens is 290 g/mol. The predicted octanol–water partition coefficient (Wildman–Crippen LogP) is 0.664. The van der Waals surface area contributed by atoms with E-state index < -0.39 is 10.2 Å². The first kappa shape index (κ1) is 17.1. The van der Waals surface area contributed by atoms with Crippen LogP contribution in [0.5, 0.6) is 0 Å². The Morgan fingerprint density at radius 3 is 2.76 bits per heavy atom. The predicted molar refractivity (Wildman–Crippen MR) is 83.4 cm³/mol. The van der Waals surface area contributed by atoms with Gasteiger partial charge in [-0.3, -0.25) is 0 Å². The lowest BCUT2D eigenvalue weighted by Crippen LogP contribution is -2.49. The van der Waals surface area contributed by atoms with Crippen molar-refractivity contribution < 1.29 is 13.2 Å². The molecule has 2 aliphatic rings. The van der Waals surface area contributed by atoms with E-state index in [-0.39, 0.29) is 6.10 Å². The lowest BCUT2D eigenvalue weighted by atomic mass is 10.00. The molecule has 2 atom stereocenters. The summed E-state index contributed by atoms with van der Waals surface area (Å²) in [6, 6.07) is 0. The van der Waals surface area contributed by atoms with Gasteiger partial charge in [0.1, 0.15) is 0 Å². The van der Waals surface area contributed by atoms with Crippen molar-refractivity contribution in [2.45, 2.75) is 38.2 Å². The summed E-state index contributed by atoms with van der Waals surface area (Å²) in [4.78, 5) is 0. The van der Waals surface area contributed by atoms with E-state index in [0.29, 0.717) is 25.6 Å². The average Bonchev–Trinajstić information content (AvgIpc) is 2.49. The van der Waals surface area contributed by atoms with E-state index >= 15 is 0 Å². The molecule has 0 amide bonds. The molecular formula is C14H29N3O3S. The number of hydrogen-bond acceptors (Lipinski definition) is 4. The van der Waals surface area contributed by atoms with Gasteiger partial charge in [0.05, 0.1) is 6.10 Å². The van der Waals surface area contributed by atoms with E-state index in [4.69, 9.17) is 4.74 Å². The number of piperidine rings is 1. The minimum Gasteiger partial charge on any atom is -0.377 e. The van der Waals surface area contributed by atoms with E-state index in [1.165, 1.54) is 4.31 Å². The van der Waals surface area contributed by atoms with Gasteiger partial charge in [0.2, 0.25) is 0 Å². The van der Waals surface area contributed by atoms with Crippen LogP contribution in [0.15, 0.2) is 0 Å². The van der Waals surface area contributed by atoms with E-state index in [9.17, 15) is 8.42 Å².